The summed E-state index contributed by atoms with van der Waals surface area (Å²) in [5, 5.41) is 0. The highest BCUT2D eigenvalue weighted by molar-refractivity contribution is 6.73. The zero-order valence-corrected chi connectivity index (χ0v) is 11.9. The molecule has 0 aromatic carbocycles. The molecule has 1 aliphatic carbocycles. The fourth-order valence-corrected chi connectivity index (χ4v) is 3.99. The molecule has 0 aromatic rings. The number of hydrogen-bond acceptors (Lipinski definition) is 1. The minimum absolute atomic E-state index is 0.266. The maximum atomic E-state index is 5.92. The van der Waals surface area contributed by atoms with Gasteiger partial charge in [0.1, 0.15) is 0 Å². The zero-order valence-electron chi connectivity index (χ0n) is 10.9. The van der Waals surface area contributed by atoms with Crippen molar-refractivity contribution in [3.63, 3.8) is 0 Å². The van der Waals surface area contributed by atoms with Crippen molar-refractivity contribution in [1.82, 2.24) is 0 Å². The first-order valence-electron chi connectivity index (χ1n) is 5.82. The van der Waals surface area contributed by atoms with Gasteiger partial charge in [-0.05, 0) is 31.0 Å². The van der Waals surface area contributed by atoms with Crippen LogP contribution in [0.15, 0.2) is 23.8 Å². The van der Waals surface area contributed by atoms with E-state index in [2.05, 4.69) is 59.0 Å². The van der Waals surface area contributed by atoms with Crippen LogP contribution >= 0.6 is 0 Å². The van der Waals surface area contributed by atoms with Crippen LogP contribution in [-0.2, 0) is 4.43 Å². The summed E-state index contributed by atoms with van der Waals surface area (Å²) in [5.41, 5.74) is 2.27. The summed E-state index contributed by atoms with van der Waals surface area (Å²) in [7, 11) is -1.55. The number of allylic oxidation sites excluding steroid dienone is 4. The van der Waals surface area contributed by atoms with Crippen molar-refractivity contribution in [1.29, 1.82) is 0 Å². The second-order valence-corrected chi connectivity index (χ2v) is 9.96. The Morgan fingerprint density at radius 1 is 1.33 bits per heavy atom. The third-order valence-electron chi connectivity index (χ3n) is 3.03. The maximum Gasteiger partial charge on any atom is 0.197 e. The van der Waals surface area contributed by atoms with Gasteiger partial charge in [0.05, 0.1) is 0 Å². The number of rotatable bonds is 3. The van der Waals surface area contributed by atoms with Gasteiger partial charge in [-0.3, -0.25) is 0 Å². The predicted octanol–water partition coefficient (Wildman–Crippen LogP) is 4.14. The first-order chi connectivity index (χ1) is 6.77. The fourth-order valence-electron chi connectivity index (χ4n) is 1.91. The van der Waals surface area contributed by atoms with Crippen molar-refractivity contribution >= 4 is 8.32 Å². The monoisotopic (exact) mass is 224 g/mol. The Balaban J connectivity index is 2.79. The Labute approximate surface area is 95.4 Å². The van der Waals surface area contributed by atoms with E-state index in [-0.39, 0.29) is 5.41 Å². The van der Waals surface area contributed by atoms with Crippen molar-refractivity contribution < 1.29 is 4.43 Å². The molecule has 0 amide bonds. The van der Waals surface area contributed by atoms with E-state index in [1.54, 1.807) is 0 Å². The highest BCUT2D eigenvalue weighted by Gasteiger charge is 2.33. The molecule has 0 heterocycles. The van der Waals surface area contributed by atoms with Crippen LogP contribution in [0.3, 0.4) is 0 Å². The Morgan fingerprint density at radius 2 is 1.93 bits per heavy atom. The first-order valence-corrected chi connectivity index (χ1v) is 8.80. The molecule has 0 N–H and O–H groups in total. The van der Waals surface area contributed by atoms with E-state index in [1.807, 2.05) is 0 Å². The van der Waals surface area contributed by atoms with Crippen molar-refractivity contribution in [3.05, 3.63) is 23.8 Å². The summed E-state index contributed by atoms with van der Waals surface area (Å²) < 4.78 is 5.92. The summed E-state index contributed by atoms with van der Waals surface area (Å²) in [6.07, 6.45) is 7.00. The third-order valence-corrected chi connectivity index (χ3v) is 6.02. The lowest BCUT2D eigenvalue weighted by Gasteiger charge is -2.27. The molecule has 0 aromatic heterocycles. The first kappa shape index (κ1) is 12.7. The Morgan fingerprint density at radius 3 is 2.33 bits per heavy atom. The second kappa shape index (κ2) is 4.26. The average Bonchev–Trinajstić information content (AvgIpc) is 2.50. The minimum Gasteiger partial charge on any atom is -0.417 e. The van der Waals surface area contributed by atoms with Crippen molar-refractivity contribution in [2.24, 2.45) is 5.41 Å². The molecule has 0 saturated carbocycles. The average molecular weight is 224 g/mol. The highest BCUT2D eigenvalue weighted by atomic mass is 28.4. The molecule has 1 aliphatic rings. The van der Waals surface area contributed by atoms with E-state index in [4.69, 9.17) is 4.43 Å². The molecule has 1 nitrogen and oxygen atoms in total. The molecule has 86 valence electrons. The van der Waals surface area contributed by atoms with E-state index in [0.717, 1.165) is 6.61 Å². The van der Waals surface area contributed by atoms with E-state index in [0.29, 0.717) is 5.54 Å². The van der Waals surface area contributed by atoms with E-state index in [9.17, 15) is 0 Å². The molecule has 0 fully saturated rings. The van der Waals surface area contributed by atoms with Crippen LogP contribution in [0.2, 0.25) is 18.6 Å². The van der Waals surface area contributed by atoms with Gasteiger partial charge in [-0.2, -0.15) is 0 Å². The fraction of sp³-hybridized carbons (Fsp3) is 0.692. The largest absolute Gasteiger partial charge is 0.417 e. The molecule has 0 radical (unpaired) electrons. The van der Waals surface area contributed by atoms with Crippen molar-refractivity contribution in [3.8, 4) is 0 Å². The molecule has 1 rings (SSSR count). The van der Waals surface area contributed by atoms with Gasteiger partial charge in [0.25, 0.3) is 0 Å². The van der Waals surface area contributed by atoms with Crippen molar-refractivity contribution in [2.45, 2.75) is 46.3 Å². The quantitative estimate of drug-likeness (QED) is 0.655. The van der Waals surface area contributed by atoms with Gasteiger partial charge in [-0.15, -0.1) is 0 Å². The predicted molar refractivity (Wildman–Crippen MR) is 69.5 cm³/mol. The molecule has 2 heteroatoms. The lowest BCUT2D eigenvalue weighted by Crippen LogP contribution is -2.34. The molecular formula is C13H24OSi. The lowest BCUT2D eigenvalue weighted by molar-refractivity contribution is 0.327. The lowest BCUT2D eigenvalue weighted by atomic mass is 9.87. The standard InChI is InChI=1S/C13H24OSi/c1-7-14-15(5,6)12-9-8-11(10-12)13(2,3)4/h8-10,12H,7H2,1-6H3. The van der Waals surface area contributed by atoms with Crippen LogP contribution in [0.25, 0.3) is 0 Å². The normalized spacial score (nSPS) is 22.0. The molecule has 1 unspecified atom stereocenters. The van der Waals surface area contributed by atoms with Crippen LogP contribution in [0, 0.1) is 5.41 Å². The zero-order chi connectivity index (χ0) is 11.7. The Kier molecular flexibility index (Phi) is 3.62. The van der Waals surface area contributed by atoms with Gasteiger partial charge < -0.3 is 4.43 Å². The van der Waals surface area contributed by atoms with Crippen LogP contribution in [0.4, 0.5) is 0 Å². The van der Waals surface area contributed by atoms with E-state index >= 15 is 0 Å². The molecule has 0 saturated heterocycles. The minimum atomic E-state index is -1.55. The second-order valence-electron chi connectivity index (χ2n) is 5.79. The number of hydrogen-bond donors (Lipinski definition) is 0. The topological polar surface area (TPSA) is 9.23 Å². The molecule has 0 spiro atoms. The summed E-state index contributed by atoms with van der Waals surface area (Å²) >= 11 is 0. The molecule has 0 aliphatic heterocycles. The van der Waals surface area contributed by atoms with Gasteiger partial charge in [-0.25, -0.2) is 0 Å². The van der Waals surface area contributed by atoms with Gasteiger partial charge in [-0.1, -0.05) is 39.0 Å². The SMILES string of the molecule is CCO[Si](C)(C)C1C=CC(C(C)(C)C)=C1. The third kappa shape index (κ3) is 3.05. The highest BCUT2D eigenvalue weighted by Crippen LogP contribution is 2.38. The van der Waals surface area contributed by atoms with Crippen LogP contribution < -0.4 is 0 Å². The molecular weight excluding hydrogens is 200 g/mol. The maximum absolute atomic E-state index is 5.92. The van der Waals surface area contributed by atoms with Crippen LogP contribution in [0.1, 0.15) is 27.7 Å². The molecule has 15 heavy (non-hydrogen) atoms. The molecule has 0 bridgehead atoms. The Hall–Kier alpha value is -0.343. The summed E-state index contributed by atoms with van der Waals surface area (Å²) in [4.78, 5) is 0. The van der Waals surface area contributed by atoms with Gasteiger partial charge in [0, 0.05) is 12.1 Å². The summed E-state index contributed by atoms with van der Waals surface area (Å²) in [6, 6.07) is 0. The smallest absolute Gasteiger partial charge is 0.197 e. The molecule has 1 atom stereocenters. The van der Waals surface area contributed by atoms with Crippen molar-refractivity contribution in [2.75, 3.05) is 6.61 Å². The van der Waals surface area contributed by atoms with Gasteiger partial charge >= 0.3 is 0 Å². The van der Waals surface area contributed by atoms with E-state index in [1.165, 1.54) is 5.57 Å². The summed E-state index contributed by atoms with van der Waals surface area (Å²) in [5.74, 6) is 0. The van der Waals surface area contributed by atoms with Crippen LogP contribution in [0.5, 0.6) is 0 Å². The Bertz CT molecular complexity index is 281. The van der Waals surface area contributed by atoms with Crippen LogP contribution in [-0.4, -0.2) is 14.9 Å². The van der Waals surface area contributed by atoms with E-state index < -0.39 is 8.32 Å². The van der Waals surface area contributed by atoms with Gasteiger partial charge in [0.2, 0.25) is 0 Å². The van der Waals surface area contributed by atoms with Gasteiger partial charge in [0.15, 0.2) is 8.32 Å². The summed E-state index contributed by atoms with van der Waals surface area (Å²) in [6.45, 7) is 14.3.